The molecule has 9 rings (SSSR count). The van der Waals surface area contributed by atoms with E-state index in [1.165, 1.54) is 4.68 Å². The third kappa shape index (κ3) is 6.04. The molecule has 5 aliphatic heterocycles. The molecule has 6 aliphatic rings. The lowest BCUT2D eigenvalue weighted by Crippen LogP contribution is -2.39. The van der Waals surface area contributed by atoms with Gasteiger partial charge in [-0.15, -0.1) is 0 Å². The van der Waals surface area contributed by atoms with E-state index in [0.717, 1.165) is 74.6 Å². The number of hydrogen-bond donors (Lipinski definition) is 1. The van der Waals surface area contributed by atoms with Crippen LogP contribution in [0.1, 0.15) is 93.0 Å². The maximum absolute atomic E-state index is 15.9. The van der Waals surface area contributed by atoms with Gasteiger partial charge in [-0.25, -0.2) is 13.5 Å². The molecule has 3 aromatic rings. The summed E-state index contributed by atoms with van der Waals surface area (Å²) in [5.74, 6) is -3.10. The van der Waals surface area contributed by atoms with E-state index in [1.807, 2.05) is 25.1 Å². The van der Waals surface area contributed by atoms with Crippen LogP contribution in [-0.4, -0.2) is 34.3 Å². The van der Waals surface area contributed by atoms with Crippen molar-refractivity contribution in [2.45, 2.75) is 88.5 Å². The summed E-state index contributed by atoms with van der Waals surface area (Å²) < 4.78 is 33.1. The molecule has 1 atom stereocenters. The molecule has 2 fully saturated rings. The van der Waals surface area contributed by atoms with Crippen LogP contribution in [0.15, 0.2) is 53.3 Å². The number of nitrogens with one attached hydrogen (secondary N) is 1. The monoisotopic (exact) mass is 599 g/mol. The molecule has 0 amide bonds. The lowest BCUT2D eigenvalue weighted by molar-refractivity contribution is -0.0847. The van der Waals surface area contributed by atoms with Crippen LogP contribution in [0.3, 0.4) is 0 Å². The summed E-state index contributed by atoms with van der Waals surface area (Å²) >= 11 is 0. The molecule has 1 aromatic heterocycles. The summed E-state index contributed by atoms with van der Waals surface area (Å²) in [5.41, 5.74) is 2.16. The van der Waals surface area contributed by atoms with Gasteiger partial charge in [0, 0.05) is 30.5 Å². The first-order valence-electron chi connectivity index (χ1n) is 16.3. The summed E-state index contributed by atoms with van der Waals surface area (Å²) in [7, 11) is 1.64. The summed E-state index contributed by atoms with van der Waals surface area (Å²) in [4.78, 5) is 15.6. The first-order valence-corrected chi connectivity index (χ1v) is 16.3. The van der Waals surface area contributed by atoms with Gasteiger partial charge in [0.2, 0.25) is 0 Å². The molecule has 0 spiro atoms. The van der Waals surface area contributed by atoms with Crippen molar-refractivity contribution in [2.75, 3.05) is 25.0 Å². The van der Waals surface area contributed by atoms with Crippen LogP contribution in [0.25, 0.3) is 10.8 Å². The molecule has 44 heavy (non-hydrogen) atoms. The highest BCUT2D eigenvalue weighted by Crippen LogP contribution is 2.50. The van der Waals surface area contributed by atoms with Gasteiger partial charge in [-0.1, -0.05) is 43.2 Å². The summed E-state index contributed by atoms with van der Waals surface area (Å²) in [6, 6.07) is 12.9. The molecular weight excluding hydrogens is 556 g/mol. The van der Waals surface area contributed by atoms with E-state index in [1.54, 1.807) is 25.2 Å². The maximum atomic E-state index is 15.9. The molecule has 8 bridgehead atoms. The number of aryl methyl sites for hydroxylation is 2. The van der Waals surface area contributed by atoms with Gasteiger partial charge in [0.25, 0.3) is 11.5 Å². The molecule has 0 unspecified atom stereocenters. The zero-order valence-electron chi connectivity index (χ0n) is 25.9. The van der Waals surface area contributed by atoms with Crippen LogP contribution in [0.4, 0.5) is 14.6 Å². The molecule has 6 heterocycles. The highest BCUT2D eigenvalue weighted by molar-refractivity contribution is 5.93. The summed E-state index contributed by atoms with van der Waals surface area (Å²) in [5, 5.41) is 19.4. The van der Waals surface area contributed by atoms with Crippen molar-refractivity contribution in [3.63, 3.8) is 0 Å². The molecule has 1 saturated heterocycles. The quantitative estimate of drug-likeness (QED) is 0.293. The predicted molar refractivity (Wildman–Crippen MR) is 171 cm³/mol. The van der Waals surface area contributed by atoms with Crippen molar-refractivity contribution in [3.8, 4) is 6.07 Å². The topological polar surface area (TPSA) is 74.0 Å². The van der Waals surface area contributed by atoms with E-state index in [-0.39, 0.29) is 17.2 Å². The Morgan fingerprint density at radius 1 is 1.02 bits per heavy atom. The van der Waals surface area contributed by atoms with Crippen LogP contribution in [0.5, 0.6) is 0 Å². The van der Waals surface area contributed by atoms with Crippen LogP contribution in [-0.2, 0) is 24.8 Å². The summed E-state index contributed by atoms with van der Waals surface area (Å²) in [6.07, 6.45) is 13.2. The molecule has 8 heteroatoms. The zero-order chi connectivity index (χ0) is 30.9. The highest BCUT2D eigenvalue weighted by Gasteiger charge is 2.46. The smallest absolute Gasteiger partial charge is 0.276 e. The molecule has 1 aliphatic carbocycles. The van der Waals surface area contributed by atoms with Gasteiger partial charge in [-0.3, -0.25) is 9.69 Å². The maximum Gasteiger partial charge on any atom is 0.276 e. The predicted octanol–water partition coefficient (Wildman–Crippen LogP) is 7.53. The Morgan fingerprint density at radius 3 is 2.55 bits per heavy atom. The van der Waals surface area contributed by atoms with Crippen molar-refractivity contribution < 1.29 is 8.78 Å². The minimum absolute atomic E-state index is 0.0476. The second-order valence-corrected chi connectivity index (χ2v) is 13.1. The van der Waals surface area contributed by atoms with Gasteiger partial charge in [0.1, 0.15) is 0 Å². The van der Waals surface area contributed by atoms with Gasteiger partial charge in [0.05, 0.1) is 22.9 Å². The van der Waals surface area contributed by atoms with Gasteiger partial charge in [0.15, 0.2) is 5.82 Å². The Hall–Kier alpha value is -3.57. The summed E-state index contributed by atoms with van der Waals surface area (Å²) in [6.45, 7) is 4.11. The SMILES string of the molecule is C[C@H]1Nc2nn(C)c(=O)c3cc(c(C4(C#N)CC4)cc23)CCCCCC/C=C\CN2CCC(CC2)C(F)(F)c2cccc1c2. The first kappa shape index (κ1) is 30.5. The largest absolute Gasteiger partial charge is 0.362 e. The second kappa shape index (κ2) is 12.4. The van der Waals surface area contributed by atoms with Crippen LogP contribution in [0.2, 0.25) is 0 Å². The van der Waals surface area contributed by atoms with E-state index in [0.29, 0.717) is 42.5 Å². The van der Waals surface area contributed by atoms with Gasteiger partial charge < -0.3 is 5.32 Å². The van der Waals surface area contributed by atoms with Crippen molar-refractivity contribution in [2.24, 2.45) is 13.0 Å². The molecule has 1 saturated carbocycles. The van der Waals surface area contributed by atoms with E-state index >= 15 is 8.78 Å². The lowest BCUT2D eigenvalue weighted by atomic mass is 9.85. The van der Waals surface area contributed by atoms with Crippen LogP contribution >= 0.6 is 0 Å². The number of nitriles is 1. The molecule has 2 aromatic carbocycles. The zero-order valence-corrected chi connectivity index (χ0v) is 25.9. The lowest BCUT2D eigenvalue weighted by Gasteiger charge is -2.35. The van der Waals surface area contributed by atoms with Crippen molar-refractivity contribution in [1.82, 2.24) is 14.7 Å². The standard InChI is InChI=1S/C36H43F2N5O/c1-25-26-12-10-13-29(21-26)36(37,38)28-14-19-43(20-15-28)18-9-7-5-3-4-6-8-11-27-22-31-30(23-32(27)35(24-39)16-17-35)33(40-25)41-42(2)34(31)44/h7,9-10,12-13,21-23,25,28H,3-6,8,11,14-20H2,1-2H3,(H,40,41)/b9-7-/t25-/m1/s1. The number of rotatable bonds is 1. The van der Waals surface area contributed by atoms with Crippen molar-refractivity contribution in [3.05, 3.63) is 81.2 Å². The number of benzene rings is 2. The van der Waals surface area contributed by atoms with E-state index < -0.39 is 17.3 Å². The number of nitrogens with zero attached hydrogens (tertiary/aromatic N) is 4. The Balaban J connectivity index is 1.39. The number of aromatic nitrogens is 2. The molecule has 232 valence electrons. The molecular formula is C36H43F2N5O. The Bertz CT molecular complexity index is 1640. The van der Waals surface area contributed by atoms with Crippen molar-refractivity contribution >= 4 is 16.6 Å². The molecule has 1 N–H and O–H groups in total. The average molecular weight is 600 g/mol. The fourth-order valence-corrected chi connectivity index (χ4v) is 7.06. The average Bonchev–Trinajstić information content (AvgIpc) is 3.83. The highest BCUT2D eigenvalue weighted by atomic mass is 19.3. The number of halogens is 2. The third-order valence-electron chi connectivity index (χ3n) is 10.1. The number of piperidine rings is 1. The van der Waals surface area contributed by atoms with Gasteiger partial charge >= 0.3 is 0 Å². The minimum atomic E-state index is -2.92. The van der Waals surface area contributed by atoms with Crippen molar-refractivity contribution in [1.29, 1.82) is 5.26 Å². The number of alkyl halides is 2. The van der Waals surface area contributed by atoms with Gasteiger partial charge in [-0.05, 0) is 106 Å². The normalized spacial score (nSPS) is 26.0. The molecule has 6 nitrogen and oxygen atoms in total. The number of allylic oxidation sites excluding steroid dienone is 1. The van der Waals surface area contributed by atoms with E-state index in [9.17, 15) is 10.1 Å². The Labute approximate surface area is 258 Å². The van der Waals surface area contributed by atoms with Crippen LogP contribution < -0.4 is 10.9 Å². The number of anilines is 1. The van der Waals surface area contributed by atoms with Gasteiger partial charge in [-0.2, -0.15) is 10.4 Å². The first-order chi connectivity index (χ1) is 21.2. The Morgan fingerprint density at radius 2 is 1.80 bits per heavy atom. The second-order valence-electron chi connectivity index (χ2n) is 13.1. The Kier molecular flexibility index (Phi) is 8.61. The van der Waals surface area contributed by atoms with E-state index in [4.69, 9.17) is 0 Å². The minimum Gasteiger partial charge on any atom is -0.362 e. The number of hydrogen-bond acceptors (Lipinski definition) is 5. The fraction of sp³-hybridized carbons (Fsp3) is 0.528. The fourth-order valence-electron chi connectivity index (χ4n) is 7.06. The third-order valence-corrected chi connectivity index (χ3v) is 10.1. The van der Waals surface area contributed by atoms with Crippen LogP contribution in [0, 0.1) is 17.2 Å². The molecule has 0 radical (unpaired) electrons. The van der Waals surface area contributed by atoms with E-state index in [2.05, 4.69) is 33.5 Å².